The molecule has 2 aromatic heterocycles. The molecule has 0 unspecified atom stereocenters. The summed E-state index contributed by atoms with van der Waals surface area (Å²) in [6.07, 6.45) is -0.0122. The molecule has 0 spiro atoms. The number of alkyl halides is 3. The molecule has 0 amide bonds. The van der Waals surface area contributed by atoms with Crippen LogP contribution in [0.4, 0.5) is 30.6 Å². The number of nitrogens with two attached hydrogens (primary N) is 1. The zero-order valence-corrected chi connectivity index (χ0v) is 14.3. The summed E-state index contributed by atoms with van der Waals surface area (Å²) in [4.78, 5) is 13.9. The molecule has 0 bridgehead atoms. The van der Waals surface area contributed by atoms with Crippen LogP contribution in [0.3, 0.4) is 0 Å². The van der Waals surface area contributed by atoms with E-state index in [-0.39, 0.29) is 18.2 Å². The van der Waals surface area contributed by atoms with Crippen molar-refractivity contribution >= 4 is 17.5 Å². The maximum atomic E-state index is 12.5. The predicted molar refractivity (Wildman–Crippen MR) is 91.3 cm³/mol. The van der Waals surface area contributed by atoms with E-state index in [1.807, 2.05) is 6.92 Å². The zero-order valence-electron chi connectivity index (χ0n) is 14.3. The van der Waals surface area contributed by atoms with Crippen molar-refractivity contribution in [3.8, 4) is 5.75 Å². The highest BCUT2D eigenvalue weighted by molar-refractivity contribution is 5.65. The summed E-state index contributed by atoms with van der Waals surface area (Å²) < 4.78 is 46.6. The Hall–Kier alpha value is -3.30. The number of hydrogen-bond donors (Lipinski definition) is 1. The molecule has 0 saturated heterocycles. The molecule has 142 valence electrons. The normalized spacial score (nSPS) is 11.4. The minimum absolute atomic E-state index is 0.0766. The van der Waals surface area contributed by atoms with Gasteiger partial charge in [0.25, 0.3) is 0 Å². The quantitative estimate of drug-likeness (QED) is 0.696. The monoisotopic (exact) mass is 379 g/mol. The summed E-state index contributed by atoms with van der Waals surface area (Å²) in [6, 6.07) is 5.79. The fraction of sp³-hybridized carbons (Fsp3) is 0.235. The number of aryl methyl sites for hydroxylation is 1. The number of anilines is 3. The Labute approximate surface area is 152 Å². The molecule has 7 nitrogen and oxygen atoms in total. The lowest BCUT2D eigenvalue weighted by atomic mass is 10.1. The number of hydrogen-bond acceptors (Lipinski definition) is 7. The molecule has 0 aliphatic carbocycles. The second kappa shape index (κ2) is 7.52. The van der Waals surface area contributed by atoms with Crippen LogP contribution in [0.1, 0.15) is 18.2 Å². The molecule has 0 saturated carbocycles. The van der Waals surface area contributed by atoms with Crippen molar-refractivity contribution in [2.45, 2.75) is 26.3 Å². The Kier molecular flexibility index (Phi) is 5.15. The van der Waals surface area contributed by atoms with Gasteiger partial charge in [-0.2, -0.15) is 4.98 Å². The number of nitrogen functional groups attached to an aromatic ring is 1. The van der Waals surface area contributed by atoms with Gasteiger partial charge in [0.15, 0.2) is 6.39 Å². The van der Waals surface area contributed by atoms with E-state index in [0.717, 1.165) is 0 Å². The smallest absolute Gasteiger partial charge is 0.451 e. The molecular formula is C17H16F3N5O2. The minimum atomic E-state index is -4.76. The van der Waals surface area contributed by atoms with E-state index in [2.05, 4.69) is 19.7 Å². The van der Waals surface area contributed by atoms with Crippen molar-refractivity contribution in [2.75, 3.05) is 10.6 Å². The molecular weight excluding hydrogens is 363 g/mol. The van der Waals surface area contributed by atoms with Gasteiger partial charge in [-0.25, -0.2) is 9.97 Å². The number of oxazole rings is 1. The minimum Gasteiger partial charge on any atom is -0.451 e. The molecule has 0 radical (unpaired) electrons. The highest BCUT2D eigenvalue weighted by Crippen LogP contribution is 2.33. The lowest BCUT2D eigenvalue weighted by Crippen LogP contribution is -2.21. The summed E-state index contributed by atoms with van der Waals surface area (Å²) in [6.45, 7) is 2.11. The van der Waals surface area contributed by atoms with Crippen molar-refractivity contribution < 1.29 is 22.3 Å². The molecule has 27 heavy (non-hydrogen) atoms. The van der Waals surface area contributed by atoms with Gasteiger partial charge in [-0.15, -0.1) is 13.2 Å². The number of ether oxygens (including phenoxy) is 1. The van der Waals surface area contributed by atoms with Crippen LogP contribution < -0.4 is 15.4 Å². The van der Waals surface area contributed by atoms with Crippen molar-refractivity contribution in [3.05, 3.63) is 54.4 Å². The van der Waals surface area contributed by atoms with E-state index in [9.17, 15) is 13.2 Å². The first-order valence-corrected chi connectivity index (χ1v) is 7.97. The van der Waals surface area contributed by atoms with Crippen LogP contribution in [-0.4, -0.2) is 21.3 Å². The van der Waals surface area contributed by atoms with Crippen LogP contribution in [0.5, 0.6) is 5.75 Å². The van der Waals surface area contributed by atoms with E-state index in [1.54, 1.807) is 11.0 Å². The van der Waals surface area contributed by atoms with Crippen molar-refractivity contribution in [1.82, 2.24) is 15.0 Å². The molecule has 3 aromatic rings. The second-order valence-corrected chi connectivity index (χ2v) is 5.53. The molecule has 2 N–H and O–H groups in total. The van der Waals surface area contributed by atoms with Gasteiger partial charge in [-0.3, -0.25) is 0 Å². The summed E-state index contributed by atoms with van der Waals surface area (Å²) in [5.41, 5.74) is 7.58. The van der Waals surface area contributed by atoms with E-state index < -0.39 is 6.36 Å². The topological polar surface area (TPSA) is 90.3 Å². The Morgan fingerprint density at radius 2 is 2.04 bits per heavy atom. The summed E-state index contributed by atoms with van der Waals surface area (Å²) in [5, 5.41) is 0. The van der Waals surface area contributed by atoms with Crippen LogP contribution in [0.25, 0.3) is 0 Å². The van der Waals surface area contributed by atoms with Gasteiger partial charge in [0.2, 0.25) is 5.95 Å². The SMILES string of the molecule is CCc1cc(OC(F)(F)F)ccc1N(Cc1cocn1)c1ccnc(N)n1. The fourth-order valence-electron chi connectivity index (χ4n) is 2.59. The van der Waals surface area contributed by atoms with E-state index in [1.165, 1.54) is 37.1 Å². The fourth-order valence-corrected chi connectivity index (χ4v) is 2.59. The summed E-state index contributed by atoms with van der Waals surface area (Å²) >= 11 is 0. The van der Waals surface area contributed by atoms with E-state index >= 15 is 0 Å². The van der Waals surface area contributed by atoms with Crippen LogP contribution in [0.15, 0.2) is 47.5 Å². The van der Waals surface area contributed by atoms with Gasteiger partial charge >= 0.3 is 6.36 Å². The first-order valence-electron chi connectivity index (χ1n) is 7.97. The zero-order chi connectivity index (χ0) is 19.4. The van der Waals surface area contributed by atoms with Gasteiger partial charge in [-0.1, -0.05) is 6.92 Å². The Balaban J connectivity index is 2.03. The maximum absolute atomic E-state index is 12.5. The lowest BCUT2D eigenvalue weighted by molar-refractivity contribution is -0.274. The van der Waals surface area contributed by atoms with Crippen molar-refractivity contribution in [2.24, 2.45) is 0 Å². The number of rotatable bonds is 6. The van der Waals surface area contributed by atoms with Gasteiger partial charge in [0.1, 0.15) is 17.8 Å². The van der Waals surface area contributed by atoms with Crippen LogP contribution in [0, 0.1) is 0 Å². The Bertz CT molecular complexity index is 900. The average molecular weight is 379 g/mol. The van der Waals surface area contributed by atoms with Crippen molar-refractivity contribution in [3.63, 3.8) is 0 Å². The first-order chi connectivity index (χ1) is 12.9. The number of benzene rings is 1. The summed E-state index contributed by atoms with van der Waals surface area (Å²) in [5.74, 6) is 0.268. The van der Waals surface area contributed by atoms with Gasteiger partial charge < -0.3 is 19.8 Å². The number of nitrogens with zero attached hydrogens (tertiary/aromatic N) is 4. The van der Waals surface area contributed by atoms with E-state index in [0.29, 0.717) is 29.2 Å². The maximum Gasteiger partial charge on any atom is 0.573 e. The van der Waals surface area contributed by atoms with Gasteiger partial charge in [0, 0.05) is 11.9 Å². The third kappa shape index (κ3) is 4.66. The summed E-state index contributed by atoms with van der Waals surface area (Å²) in [7, 11) is 0. The van der Waals surface area contributed by atoms with E-state index in [4.69, 9.17) is 10.2 Å². The third-order valence-electron chi connectivity index (χ3n) is 3.70. The largest absolute Gasteiger partial charge is 0.573 e. The highest BCUT2D eigenvalue weighted by atomic mass is 19.4. The molecule has 3 rings (SSSR count). The Morgan fingerprint density at radius 3 is 2.67 bits per heavy atom. The van der Waals surface area contributed by atoms with Gasteiger partial charge in [-0.05, 0) is 36.2 Å². The Morgan fingerprint density at radius 1 is 1.22 bits per heavy atom. The van der Waals surface area contributed by atoms with Crippen LogP contribution in [-0.2, 0) is 13.0 Å². The molecule has 0 atom stereocenters. The first kappa shape index (κ1) is 18.5. The molecule has 0 aliphatic heterocycles. The molecule has 0 aliphatic rings. The third-order valence-corrected chi connectivity index (χ3v) is 3.70. The average Bonchev–Trinajstić information content (AvgIpc) is 3.11. The number of halogens is 3. The second-order valence-electron chi connectivity index (χ2n) is 5.53. The lowest BCUT2D eigenvalue weighted by Gasteiger charge is -2.26. The van der Waals surface area contributed by atoms with Gasteiger partial charge in [0.05, 0.1) is 12.2 Å². The predicted octanol–water partition coefficient (Wildman–Crippen LogP) is 3.85. The molecule has 0 fully saturated rings. The standard InChI is InChI=1S/C17H16F3N5O2/c1-2-11-7-13(27-17(18,19)20)3-4-14(11)25(8-12-9-26-10-23-12)15-5-6-22-16(21)24-15/h3-7,9-10H,2,8H2,1H3,(H2,21,22,24). The highest BCUT2D eigenvalue weighted by Gasteiger charge is 2.31. The number of aromatic nitrogens is 3. The molecule has 2 heterocycles. The molecule has 10 heteroatoms. The molecule has 1 aromatic carbocycles. The van der Waals surface area contributed by atoms with Crippen molar-refractivity contribution in [1.29, 1.82) is 0 Å². The van der Waals surface area contributed by atoms with Crippen LogP contribution >= 0.6 is 0 Å². The van der Waals surface area contributed by atoms with Crippen LogP contribution in [0.2, 0.25) is 0 Å².